The minimum absolute atomic E-state index is 0.155. The smallest absolute Gasteiger partial charge is 0.220 e. The Morgan fingerprint density at radius 2 is 2.00 bits per heavy atom. The summed E-state index contributed by atoms with van der Waals surface area (Å²) in [4.78, 5) is 12.0. The number of hydrogen-bond acceptors (Lipinski definition) is 3. The highest BCUT2D eigenvalue weighted by atomic mass is 79.9. The highest BCUT2D eigenvalue weighted by Crippen LogP contribution is 2.27. The molecule has 2 atom stereocenters. The van der Waals surface area contributed by atoms with Crippen molar-refractivity contribution in [2.45, 2.75) is 56.7 Å². The van der Waals surface area contributed by atoms with Gasteiger partial charge in [-0.05, 0) is 60.2 Å². The summed E-state index contributed by atoms with van der Waals surface area (Å²) in [7, 11) is 0. The van der Waals surface area contributed by atoms with E-state index in [9.17, 15) is 4.79 Å². The average molecular weight is 367 g/mol. The van der Waals surface area contributed by atoms with Gasteiger partial charge in [-0.2, -0.15) is 0 Å². The fourth-order valence-electron chi connectivity index (χ4n) is 3.45. The number of para-hydroxylation sites is 1. The van der Waals surface area contributed by atoms with Crippen molar-refractivity contribution < 1.29 is 9.53 Å². The molecule has 4 nitrogen and oxygen atoms in total. The second-order valence-corrected chi connectivity index (χ2v) is 7.11. The maximum Gasteiger partial charge on any atom is 0.220 e. The van der Waals surface area contributed by atoms with Crippen molar-refractivity contribution in [3.63, 3.8) is 0 Å². The van der Waals surface area contributed by atoms with Crippen LogP contribution in [0.3, 0.4) is 0 Å². The lowest BCUT2D eigenvalue weighted by Crippen LogP contribution is -2.48. The monoisotopic (exact) mass is 366 g/mol. The number of fused-ring (bicyclic) bond motifs is 2. The Hall–Kier alpha value is -1.07. The molecule has 0 radical (unpaired) electrons. The van der Waals surface area contributed by atoms with Gasteiger partial charge in [0.2, 0.25) is 5.91 Å². The first kappa shape index (κ1) is 15.8. The van der Waals surface area contributed by atoms with Crippen LogP contribution in [0.4, 0.5) is 0 Å². The van der Waals surface area contributed by atoms with Crippen LogP contribution >= 0.6 is 15.9 Å². The van der Waals surface area contributed by atoms with Crippen molar-refractivity contribution in [1.82, 2.24) is 10.6 Å². The quantitative estimate of drug-likeness (QED) is 0.760. The second kappa shape index (κ2) is 7.47. The van der Waals surface area contributed by atoms with Crippen molar-refractivity contribution in [3.8, 4) is 5.75 Å². The zero-order valence-corrected chi connectivity index (χ0v) is 14.3. The number of nitrogens with one attached hydrogen (secondary N) is 2. The standard InChI is InChI=1S/C17H23BrN2O2/c18-15-4-1-2-5-16(15)22-9-3-6-17(21)20-14-10-12-7-8-13(11-14)19-12/h1-2,4-5,12-14,19H,3,6-11H2,(H,20,21). The molecule has 1 aromatic rings. The highest BCUT2D eigenvalue weighted by molar-refractivity contribution is 9.10. The van der Waals surface area contributed by atoms with Crippen LogP contribution < -0.4 is 15.4 Å². The maximum atomic E-state index is 12.0. The Morgan fingerprint density at radius 3 is 2.73 bits per heavy atom. The van der Waals surface area contributed by atoms with Crippen LogP contribution in [0.15, 0.2) is 28.7 Å². The Bertz CT molecular complexity index is 511. The molecule has 1 aromatic carbocycles. The first-order valence-electron chi connectivity index (χ1n) is 8.13. The summed E-state index contributed by atoms with van der Waals surface area (Å²) in [5, 5.41) is 6.78. The molecule has 0 saturated carbocycles. The molecule has 2 fully saturated rings. The van der Waals surface area contributed by atoms with Gasteiger partial charge in [-0.15, -0.1) is 0 Å². The predicted octanol–water partition coefficient (Wildman–Crippen LogP) is 3.01. The molecule has 2 saturated heterocycles. The Kier molecular flexibility index (Phi) is 5.37. The zero-order chi connectivity index (χ0) is 15.4. The van der Waals surface area contributed by atoms with E-state index in [4.69, 9.17) is 4.74 Å². The van der Waals surface area contributed by atoms with E-state index in [1.807, 2.05) is 24.3 Å². The molecule has 2 unspecified atom stereocenters. The number of halogens is 1. The van der Waals surface area contributed by atoms with Gasteiger partial charge in [-0.3, -0.25) is 4.79 Å². The summed E-state index contributed by atoms with van der Waals surface area (Å²) in [6, 6.07) is 9.36. The molecule has 5 heteroatoms. The van der Waals surface area contributed by atoms with Gasteiger partial charge in [0.1, 0.15) is 5.75 Å². The SMILES string of the molecule is O=C(CCCOc1ccccc1Br)NC1CC2CCC(C1)N2. The minimum atomic E-state index is 0.155. The molecule has 0 spiro atoms. The number of carbonyl (C=O) groups excluding carboxylic acids is 1. The van der Waals surface area contributed by atoms with Crippen LogP contribution in [0.5, 0.6) is 5.75 Å². The van der Waals surface area contributed by atoms with Gasteiger partial charge in [0.05, 0.1) is 11.1 Å². The summed E-state index contributed by atoms with van der Waals surface area (Å²) in [5.74, 6) is 0.986. The van der Waals surface area contributed by atoms with Crippen LogP contribution in [-0.4, -0.2) is 30.6 Å². The molecule has 1 amide bonds. The van der Waals surface area contributed by atoms with E-state index in [2.05, 4.69) is 26.6 Å². The van der Waals surface area contributed by atoms with Gasteiger partial charge in [-0.1, -0.05) is 12.1 Å². The number of amides is 1. The summed E-state index contributed by atoms with van der Waals surface area (Å²) >= 11 is 3.45. The van der Waals surface area contributed by atoms with Crippen LogP contribution in [0, 0.1) is 0 Å². The van der Waals surface area contributed by atoms with Crippen molar-refractivity contribution in [2.75, 3.05) is 6.61 Å². The van der Waals surface area contributed by atoms with Gasteiger partial charge in [0.15, 0.2) is 0 Å². The lowest BCUT2D eigenvalue weighted by molar-refractivity contribution is -0.122. The molecule has 2 aliphatic heterocycles. The Balaban J connectivity index is 1.34. The van der Waals surface area contributed by atoms with Crippen LogP contribution in [0.2, 0.25) is 0 Å². The maximum absolute atomic E-state index is 12.0. The van der Waals surface area contributed by atoms with Gasteiger partial charge < -0.3 is 15.4 Å². The van der Waals surface area contributed by atoms with Gasteiger partial charge >= 0.3 is 0 Å². The lowest BCUT2D eigenvalue weighted by Gasteiger charge is -2.29. The molecule has 3 rings (SSSR count). The normalized spacial score (nSPS) is 26.7. The summed E-state index contributed by atoms with van der Waals surface area (Å²) in [6.45, 7) is 0.563. The lowest BCUT2D eigenvalue weighted by atomic mass is 9.99. The van der Waals surface area contributed by atoms with E-state index in [1.165, 1.54) is 12.8 Å². The summed E-state index contributed by atoms with van der Waals surface area (Å²) in [6.07, 6.45) is 5.95. The van der Waals surface area contributed by atoms with Crippen molar-refractivity contribution in [2.24, 2.45) is 0 Å². The highest BCUT2D eigenvalue weighted by Gasteiger charge is 2.33. The van der Waals surface area contributed by atoms with E-state index < -0.39 is 0 Å². The third-order valence-electron chi connectivity index (χ3n) is 4.48. The van der Waals surface area contributed by atoms with Gasteiger partial charge in [-0.25, -0.2) is 0 Å². The van der Waals surface area contributed by atoms with Crippen LogP contribution in [0.1, 0.15) is 38.5 Å². The molecule has 2 heterocycles. The van der Waals surface area contributed by atoms with Crippen molar-refractivity contribution >= 4 is 21.8 Å². The molecular weight excluding hydrogens is 344 g/mol. The first-order chi connectivity index (χ1) is 10.7. The van der Waals surface area contributed by atoms with Crippen molar-refractivity contribution in [1.29, 1.82) is 0 Å². The Labute approximate surface area is 140 Å². The number of hydrogen-bond donors (Lipinski definition) is 2. The molecular formula is C17H23BrN2O2. The van der Waals surface area contributed by atoms with E-state index in [1.54, 1.807) is 0 Å². The van der Waals surface area contributed by atoms with Crippen LogP contribution in [-0.2, 0) is 4.79 Å². The fraction of sp³-hybridized carbons (Fsp3) is 0.588. The average Bonchev–Trinajstić information content (AvgIpc) is 2.84. The predicted molar refractivity (Wildman–Crippen MR) is 90.0 cm³/mol. The molecule has 2 N–H and O–H groups in total. The molecule has 2 aliphatic rings. The first-order valence-corrected chi connectivity index (χ1v) is 8.93. The third-order valence-corrected chi connectivity index (χ3v) is 5.14. The van der Waals surface area contributed by atoms with E-state index in [0.717, 1.165) is 29.5 Å². The van der Waals surface area contributed by atoms with E-state index in [0.29, 0.717) is 31.2 Å². The third kappa shape index (κ3) is 4.23. The molecule has 120 valence electrons. The zero-order valence-electron chi connectivity index (χ0n) is 12.7. The molecule has 0 aromatic heterocycles. The number of rotatable bonds is 6. The largest absolute Gasteiger partial charge is 0.492 e. The van der Waals surface area contributed by atoms with E-state index >= 15 is 0 Å². The minimum Gasteiger partial charge on any atom is -0.492 e. The van der Waals surface area contributed by atoms with E-state index in [-0.39, 0.29) is 5.91 Å². The number of carbonyl (C=O) groups is 1. The van der Waals surface area contributed by atoms with Crippen LogP contribution in [0.25, 0.3) is 0 Å². The molecule has 0 aliphatic carbocycles. The fourth-order valence-corrected chi connectivity index (χ4v) is 3.85. The van der Waals surface area contributed by atoms with Gasteiger partial charge in [0, 0.05) is 24.5 Å². The number of ether oxygens (including phenoxy) is 1. The summed E-state index contributed by atoms with van der Waals surface area (Å²) < 4.78 is 6.63. The van der Waals surface area contributed by atoms with Crippen molar-refractivity contribution in [3.05, 3.63) is 28.7 Å². The molecule has 22 heavy (non-hydrogen) atoms. The summed E-state index contributed by atoms with van der Waals surface area (Å²) in [5.41, 5.74) is 0. The Morgan fingerprint density at radius 1 is 1.27 bits per heavy atom. The number of benzene rings is 1. The second-order valence-electron chi connectivity index (χ2n) is 6.26. The topological polar surface area (TPSA) is 50.4 Å². The van der Waals surface area contributed by atoms with Gasteiger partial charge in [0.25, 0.3) is 0 Å². The number of piperidine rings is 1. The molecule has 2 bridgehead atoms.